The predicted molar refractivity (Wildman–Crippen MR) is 124 cm³/mol. The van der Waals surface area contributed by atoms with Gasteiger partial charge in [0.15, 0.2) is 5.82 Å². The molecule has 11 heteroatoms. The van der Waals surface area contributed by atoms with Gasteiger partial charge in [0.05, 0.1) is 16.7 Å². The Morgan fingerprint density at radius 2 is 1.88 bits per heavy atom. The lowest BCUT2D eigenvalue weighted by Crippen LogP contribution is -2.34. The topological polar surface area (TPSA) is 145 Å². The molecule has 1 amide bonds. The second kappa shape index (κ2) is 8.99. The van der Waals surface area contributed by atoms with Crippen molar-refractivity contribution >= 4 is 28.4 Å². The Labute approximate surface area is 199 Å². The molecular weight excluding hydrogens is 462 g/mol. The molecule has 0 spiro atoms. The van der Waals surface area contributed by atoms with E-state index in [4.69, 9.17) is 11.6 Å². The lowest BCUT2D eigenvalue weighted by atomic mass is 10.1. The minimum Gasteiger partial charge on any atom is -0.508 e. The minimum atomic E-state index is -2.91. The van der Waals surface area contributed by atoms with Gasteiger partial charge in [0, 0.05) is 35.8 Å². The fourth-order valence-electron chi connectivity index (χ4n) is 3.55. The SMILES string of the molecule is Cc1c(CN(C)C(=O)c2nc(-c3ccccc3Cl)nc3ccc(O)cc23)cnn1CC(O)(O)O. The second-order valence-electron chi connectivity index (χ2n) is 7.93. The molecule has 4 aromatic rings. The molecule has 0 aliphatic rings. The van der Waals surface area contributed by atoms with Crippen LogP contribution in [0.5, 0.6) is 5.75 Å². The Morgan fingerprint density at radius 1 is 1.15 bits per heavy atom. The zero-order chi connectivity index (χ0) is 24.6. The van der Waals surface area contributed by atoms with Gasteiger partial charge in [-0.2, -0.15) is 5.10 Å². The molecule has 4 N–H and O–H groups in total. The maximum Gasteiger partial charge on any atom is 0.296 e. The molecule has 176 valence electrons. The summed E-state index contributed by atoms with van der Waals surface area (Å²) in [4.78, 5) is 23.9. The van der Waals surface area contributed by atoms with Crippen LogP contribution in [0.15, 0.2) is 48.7 Å². The van der Waals surface area contributed by atoms with Gasteiger partial charge >= 0.3 is 0 Å². The number of amides is 1. The van der Waals surface area contributed by atoms with Crippen LogP contribution in [0, 0.1) is 6.92 Å². The second-order valence-corrected chi connectivity index (χ2v) is 8.33. The molecule has 4 rings (SSSR count). The molecule has 0 saturated heterocycles. The van der Waals surface area contributed by atoms with Crippen molar-refractivity contribution in [2.45, 2.75) is 26.0 Å². The molecule has 0 atom stereocenters. The molecular formula is C23H22ClN5O5. The number of aliphatic hydroxyl groups is 3. The normalized spacial score (nSPS) is 11.7. The van der Waals surface area contributed by atoms with Gasteiger partial charge < -0.3 is 25.3 Å². The molecule has 0 unspecified atom stereocenters. The average Bonchev–Trinajstić information content (AvgIpc) is 3.10. The number of carbonyl (C=O) groups is 1. The van der Waals surface area contributed by atoms with Gasteiger partial charge in [0.1, 0.15) is 18.0 Å². The van der Waals surface area contributed by atoms with Crippen molar-refractivity contribution in [2.75, 3.05) is 7.05 Å². The van der Waals surface area contributed by atoms with Crippen molar-refractivity contribution in [2.24, 2.45) is 0 Å². The Morgan fingerprint density at radius 3 is 2.59 bits per heavy atom. The van der Waals surface area contributed by atoms with Crippen LogP contribution >= 0.6 is 11.6 Å². The smallest absolute Gasteiger partial charge is 0.296 e. The number of nitrogens with zero attached hydrogens (tertiary/aromatic N) is 5. The van der Waals surface area contributed by atoms with Gasteiger partial charge in [0.25, 0.3) is 11.9 Å². The maximum absolute atomic E-state index is 13.5. The van der Waals surface area contributed by atoms with Crippen molar-refractivity contribution in [3.63, 3.8) is 0 Å². The number of phenolic OH excluding ortho intramolecular Hbond substituents is 1. The highest BCUT2D eigenvalue weighted by Crippen LogP contribution is 2.29. The summed E-state index contributed by atoms with van der Waals surface area (Å²) in [5.74, 6) is -3.10. The number of halogens is 1. The quantitative estimate of drug-likeness (QED) is 0.305. The molecule has 0 saturated carbocycles. The van der Waals surface area contributed by atoms with Gasteiger partial charge in [-0.05, 0) is 37.3 Å². The molecule has 10 nitrogen and oxygen atoms in total. The summed E-state index contributed by atoms with van der Waals surface area (Å²) in [6.45, 7) is 1.26. The minimum absolute atomic E-state index is 0.0316. The standard InChI is InChI=1S/C23H22ClN5O5/c1-13-14(10-25-29(13)12-23(32,33)34)11-28(2)22(31)20-17-9-15(30)7-8-19(17)26-21(27-20)16-5-3-4-6-18(16)24/h3-10,30,32-34H,11-12H2,1-2H3. The van der Waals surface area contributed by atoms with Crippen LogP contribution < -0.4 is 0 Å². The van der Waals surface area contributed by atoms with E-state index >= 15 is 0 Å². The monoisotopic (exact) mass is 483 g/mol. The number of fused-ring (bicyclic) bond motifs is 1. The van der Waals surface area contributed by atoms with Crippen LogP contribution in [0.3, 0.4) is 0 Å². The van der Waals surface area contributed by atoms with E-state index in [1.165, 1.54) is 27.9 Å². The van der Waals surface area contributed by atoms with Crippen LogP contribution in [0.1, 0.15) is 21.7 Å². The molecule has 2 aromatic heterocycles. The fourth-order valence-corrected chi connectivity index (χ4v) is 3.77. The maximum atomic E-state index is 13.5. The van der Waals surface area contributed by atoms with Crippen LogP contribution in [0.2, 0.25) is 5.02 Å². The Kier molecular flexibility index (Phi) is 6.24. The van der Waals surface area contributed by atoms with Gasteiger partial charge in [-0.25, -0.2) is 9.97 Å². The third-order valence-electron chi connectivity index (χ3n) is 5.32. The lowest BCUT2D eigenvalue weighted by Gasteiger charge is -2.19. The van der Waals surface area contributed by atoms with Gasteiger partial charge in [0.2, 0.25) is 0 Å². The molecule has 2 heterocycles. The summed E-state index contributed by atoms with van der Waals surface area (Å²) in [5.41, 5.74) is 2.29. The van der Waals surface area contributed by atoms with E-state index in [1.54, 1.807) is 44.3 Å². The number of hydrogen-bond acceptors (Lipinski definition) is 8. The summed E-state index contributed by atoms with van der Waals surface area (Å²) >= 11 is 6.32. The van der Waals surface area contributed by atoms with Crippen LogP contribution in [-0.2, 0) is 13.1 Å². The number of hydrogen-bond donors (Lipinski definition) is 4. The highest BCUT2D eigenvalue weighted by molar-refractivity contribution is 6.33. The zero-order valence-corrected chi connectivity index (χ0v) is 19.1. The first-order chi connectivity index (χ1) is 16.0. The number of carbonyl (C=O) groups excluding carboxylic acids is 1. The van der Waals surface area contributed by atoms with Gasteiger partial charge in [-0.1, -0.05) is 23.7 Å². The van der Waals surface area contributed by atoms with E-state index in [2.05, 4.69) is 15.1 Å². The first-order valence-electron chi connectivity index (χ1n) is 10.2. The number of aromatic hydroxyl groups is 1. The Hall–Kier alpha value is -3.57. The van der Waals surface area contributed by atoms with Gasteiger partial charge in [-0.15, -0.1) is 0 Å². The molecule has 0 aliphatic carbocycles. The third kappa shape index (κ3) is 4.85. The van der Waals surface area contributed by atoms with E-state index in [0.717, 1.165) is 0 Å². The van der Waals surface area contributed by atoms with Crippen molar-refractivity contribution in [3.05, 3.63) is 70.6 Å². The Balaban J connectivity index is 1.72. The average molecular weight is 484 g/mol. The predicted octanol–water partition coefficient (Wildman–Crippen LogP) is 2.06. The molecule has 0 bridgehead atoms. The number of aromatic nitrogens is 4. The zero-order valence-electron chi connectivity index (χ0n) is 18.3. The van der Waals surface area contributed by atoms with E-state index in [0.29, 0.717) is 32.7 Å². The largest absolute Gasteiger partial charge is 0.508 e. The summed E-state index contributed by atoms with van der Waals surface area (Å²) in [5, 5.41) is 42.5. The molecule has 34 heavy (non-hydrogen) atoms. The molecule has 2 aromatic carbocycles. The molecule has 0 fully saturated rings. The Bertz CT molecular complexity index is 1380. The van der Waals surface area contributed by atoms with Crippen molar-refractivity contribution in [3.8, 4) is 17.1 Å². The first kappa shape index (κ1) is 23.6. The van der Waals surface area contributed by atoms with E-state index in [-0.39, 0.29) is 23.8 Å². The van der Waals surface area contributed by atoms with Crippen molar-refractivity contribution < 1.29 is 25.2 Å². The summed E-state index contributed by atoms with van der Waals surface area (Å²) in [7, 11) is 1.58. The number of phenols is 1. The van der Waals surface area contributed by atoms with E-state index in [1.807, 2.05) is 0 Å². The number of rotatable bonds is 6. The highest BCUT2D eigenvalue weighted by Gasteiger charge is 2.24. The summed E-state index contributed by atoms with van der Waals surface area (Å²) in [6, 6.07) is 11.5. The van der Waals surface area contributed by atoms with E-state index < -0.39 is 18.4 Å². The van der Waals surface area contributed by atoms with Crippen LogP contribution in [0.25, 0.3) is 22.3 Å². The third-order valence-corrected chi connectivity index (χ3v) is 5.65. The first-order valence-corrected chi connectivity index (χ1v) is 10.6. The summed E-state index contributed by atoms with van der Waals surface area (Å²) in [6.07, 6.45) is 1.48. The van der Waals surface area contributed by atoms with E-state index in [9.17, 15) is 25.2 Å². The molecule has 0 aliphatic heterocycles. The van der Waals surface area contributed by atoms with Crippen molar-refractivity contribution in [1.82, 2.24) is 24.6 Å². The lowest BCUT2D eigenvalue weighted by molar-refractivity contribution is -0.319. The number of benzene rings is 2. The highest BCUT2D eigenvalue weighted by atomic mass is 35.5. The van der Waals surface area contributed by atoms with Crippen molar-refractivity contribution in [1.29, 1.82) is 0 Å². The fraction of sp³-hybridized carbons (Fsp3) is 0.217. The summed E-state index contributed by atoms with van der Waals surface area (Å²) < 4.78 is 1.22. The van der Waals surface area contributed by atoms with Crippen LogP contribution in [-0.4, -0.2) is 64.0 Å². The van der Waals surface area contributed by atoms with Gasteiger partial charge in [-0.3, -0.25) is 9.48 Å². The van der Waals surface area contributed by atoms with Crippen LogP contribution in [0.4, 0.5) is 0 Å². The molecule has 0 radical (unpaired) electrons.